The maximum absolute atomic E-state index is 5.34. The summed E-state index contributed by atoms with van der Waals surface area (Å²) < 4.78 is 5.34. The molecule has 0 aromatic carbocycles. The molecule has 2 heteroatoms. The Kier molecular flexibility index (Phi) is 5.51. The minimum atomic E-state index is 0.158. The van der Waals surface area contributed by atoms with Crippen LogP contribution >= 0.6 is 0 Å². The number of rotatable bonds is 1. The molecule has 0 aliphatic carbocycles. The average Bonchev–Trinajstić information content (AvgIpc) is 2.10. The summed E-state index contributed by atoms with van der Waals surface area (Å²) in [5.74, 6) is 0. The van der Waals surface area contributed by atoms with Crippen LogP contribution in [-0.4, -0.2) is 25.8 Å². The second kappa shape index (κ2) is 5.56. The molecule has 0 radical (unpaired) electrons. The molecule has 1 saturated heterocycles. The number of ether oxygens (including phenoxy) is 1. The molecule has 0 atom stereocenters. The molecule has 0 saturated carbocycles. The van der Waals surface area contributed by atoms with E-state index in [1.165, 1.54) is 0 Å². The van der Waals surface area contributed by atoms with Gasteiger partial charge in [-0.2, -0.15) is 0 Å². The van der Waals surface area contributed by atoms with E-state index in [1.54, 1.807) is 7.11 Å². The molecule has 1 heterocycles. The van der Waals surface area contributed by atoms with E-state index in [0.717, 1.165) is 25.9 Å². The molecule has 0 amide bonds. The Hall–Kier alpha value is -0.0800. The van der Waals surface area contributed by atoms with E-state index in [9.17, 15) is 0 Å². The average molecular weight is 159 g/mol. The first-order valence-corrected chi connectivity index (χ1v) is 4.53. The van der Waals surface area contributed by atoms with Crippen LogP contribution < -0.4 is 5.32 Å². The third-order valence-electron chi connectivity index (χ3n) is 2.15. The molecular weight excluding hydrogens is 138 g/mol. The molecule has 2 nitrogen and oxygen atoms in total. The van der Waals surface area contributed by atoms with Gasteiger partial charge in [0.1, 0.15) is 0 Å². The standard InChI is InChI=1S/C7H15NO.C2H6/c1-7(9-2)3-5-8-6-4-7;1-2/h8H,3-6H2,1-2H3;1-2H3. The fourth-order valence-corrected chi connectivity index (χ4v) is 1.16. The van der Waals surface area contributed by atoms with Gasteiger partial charge < -0.3 is 10.1 Å². The Balaban J connectivity index is 0.000000461. The second-order valence-corrected chi connectivity index (χ2v) is 2.90. The molecule has 11 heavy (non-hydrogen) atoms. The molecule has 1 rings (SSSR count). The lowest BCUT2D eigenvalue weighted by Crippen LogP contribution is -2.40. The molecule has 1 aliphatic heterocycles. The number of hydrogen-bond donors (Lipinski definition) is 1. The highest BCUT2D eigenvalue weighted by atomic mass is 16.5. The zero-order valence-electron chi connectivity index (χ0n) is 8.24. The molecule has 1 fully saturated rings. The first-order valence-electron chi connectivity index (χ1n) is 4.53. The van der Waals surface area contributed by atoms with Gasteiger partial charge in [0.2, 0.25) is 0 Å². The lowest BCUT2D eigenvalue weighted by molar-refractivity contribution is -0.0178. The van der Waals surface area contributed by atoms with E-state index in [2.05, 4.69) is 12.2 Å². The van der Waals surface area contributed by atoms with E-state index in [1.807, 2.05) is 13.8 Å². The van der Waals surface area contributed by atoms with Crippen molar-refractivity contribution in [3.8, 4) is 0 Å². The topological polar surface area (TPSA) is 21.3 Å². The highest BCUT2D eigenvalue weighted by Crippen LogP contribution is 2.20. The lowest BCUT2D eigenvalue weighted by atomic mass is 9.95. The molecule has 0 unspecified atom stereocenters. The Morgan fingerprint density at radius 1 is 1.18 bits per heavy atom. The third kappa shape index (κ3) is 3.73. The number of nitrogens with one attached hydrogen (secondary N) is 1. The van der Waals surface area contributed by atoms with Crippen molar-refractivity contribution in [3.05, 3.63) is 0 Å². The highest BCUT2D eigenvalue weighted by Gasteiger charge is 2.25. The Morgan fingerprint density at radius 2 is 1.64 bits per heavy atom. The summed E-state index contributed by atoms with van der Waals surface area (Å²) in [6.45, 7) is 8.38. The van der Waals surface area contributed by atoms with E-state index >= 15 is 0 Å². The molecule has 1 N–H and O–H groups in total. The van der Waals surface area contributed by atoms with Gasteiger partial charge in [-0.25, -0.2) is 0 Å². The first-order chi connectivity index (χ1) is 5.27. The van der Waals surface area contributed by atoms with Crippen molar-refractivity contribution in [2.45, 2.75) is 39.2 Å². The number of hydrogen-bond acceptors (Lipinski definition) is 2. The van der Waals surface area contributed by atoms with E-state index < -0.39 is 0 Å². The largest absolute Gasteiger partial charge is 0.378 e. The first kappa shape index (κ1) is 10.9. The maximum atomic E-state index is 5.34. The van der Waals surface area contributed by atoms with Gasteiger partial charge in [0, 0.05) is 7.11 Å². The SMILES string of the molecule is CC.COC1(C)CCNCC1. The smallest absolute Gasteiger partial charge is 0.0674 e. The summed E-state index contributed by atoms with van der Waals surface area (Å²) in [7, 11) is 1.80. The summed E-state index contributed by atoms with van der Waals surface area (Å²) in [5.41, 5.74) is 0.158. The van der Waals surface area contributed by atoms with Crippen molar-refractivity contribution in [1.29, 1.82) is 0 Å². The monoisotopic (exact) mass is 159 g/mol. The lowest BCUT2D eigenvalue weighted by Gasteiger charge is -2.32. The van der Waals surface area contributed by atoms with Gasteiger partial charge in [-0.15, -0.1) is 0 Å². The van der Waals surface area contributed by atoms with Crippen molar-refractivity contribution in [3.63, 3.8) is 0 Å². The third-order valence-corrected chi connectivity index (χ3v) is 2.15. The Morgan fingerprint density at radius 3 is 1.91 bits per heavy atom. The quantitative estimate of drug-likeness (QED) is 0.630. The van der Waals surface area contributed by atoms with Crippen LogP contribution in [0.5, 0.6) is 0 Å². The van der Waals surface area contributed by atoms with Crippen LogP contribution in [-0.2, 0) is 4.74 Å². The Bertz CT molecular complexity index is 87.6. The number of piperidine rings is 1. The van der Waals surface area contributed by atoms with Crippen LogP contribution in [0.15, 0.2) is 0 Å². The molecule has 68 valence electrons. The predicted octanol–water partition coefficient (Wildman–Crippen LogP) is 1.80. The second-order valence-electron chi connectivity index (χ2n) is 2.90. The van der Waals surface area contributed by atoms with E-state index in [4.69, 9.17) is 4.74 Å². The fraction of sp³-hybridized carbons (Fsp3) is 1.00. The fourth-order valence-electron chi connectivity index (χ4n) is 1.16. The zero-order chi connectivity index (χ0) is 8.74. The van der Waals surface area contributed by atoms with Gasteiger partial charge in [-0.1, -0.05) is 13.8 Å². The zero-order valence-corrected chi connectivity index (χ0v) is 8.24. The van der Waals surface area contributed by atoms with Crippen molar-refractivity contribution in [2.24, 2.45) is 0 Å². The van der Waals surface area contributed by atoms with Crippen molar-refractivity contribution < 1.29 is 4.74 Å². The van der Waals surface area contributed by atoms with Crippen LogP contribution in [0.25, 0.3) is 0 Å². The highest BCUT2D eigenvalue weighted by molar-refractivity contribution is 4.80. The van der Waals surface area contributed by atoms with Crippen LogP contribution in [0.3, 0.4) is 0 Å². The summed E-state index contributed by atoms with van der Waals surface area (Å²) in [6, 6.07) is 0. The minimum absolute atomic E-state index is 0.158. The molecule has 0 aromatic heterocycles. The molecule has 0 aromatic rings. The molecular formula is C9H21NO. The normalized spacial score (nSPS) is 21.8. The molecule has 1 aliphatic rings. The molecule has 0 bridgehead atoms. The van der Waals surface area contributed by atoms with Crippen molar-refractivity contribution in [1.82, 2.24) is 5.32 Å². The van der Waals surface area contributed by atoms with Crippen LogP contribution in [0.4, 0.5) is 0 Å². The van der Waals surface area contributed by atoms with Crippen molar-refractivity contribution in [2.75, 3.05) is 20.2 Å². The Labute approximate surface area is 70.3 Å². The van der Waals surface area contributed by atoms with E-state index in [-0.39, 0.29) is 5.60 Å². The van der Waals surface area contributed by atoms with Gasteiger partial charge in [-0.3, -0.25) is 0 Å². The summed E-state index contributed by atoms with van der Waals surface area (Å²) in [6.07, 6.45) is 2.28. The van der Waals surface area contributed by atoms with Crippen LogP contribution in [0, 0.1) is 0 Å². The van der Waals surface area contributed by atoms with Crippen LogP contribution in [0.1, 0.15) is 33.6 Å². The van der Waals surface area contributed by atoms with Crippen LogP contribution in [0.2, 0.25) is 0 Å². The predicted molar refractivity (Wildman–Crippen MR) is 48.9 cm³/mol. The van der Waals surface area contributed by atoms with Gasteiger partial charge in [0.05, 0.1) is 5.60 Å². The summed E-state index contributed by atoms with van der Waals surface area (Å²) >= 11 is 0. The van der Waals surface area contributed by atoms with E-state index in [0.29, 0.717) is 0 Å². The minimum Gasteiger partial charge on any atom is -0.378 e. The van der Waals surface area contributed by atoms with Gasteiger partial charge in [-0.05, 0) is 32.9 Å². The summed E-state index contributed by atoms with van der Waals surface area (Å²) in [5, 5.41) is 3.29. The molecule has 0 spiro atoms. The van der Waals surface area contributed by atoms with Gasteiger partial charge >= 0.3 is 0 Å². The maximum Gasteiger partial charge on any atom is 0.0674 e. The number of methoxy groups -OCH3 is 1. The van der Waals surface area contributed by atoms with Gasteiger partial charge in [0.15, 0.2) is 0 Å². The van der Waals surface area contributed by atoms with Gasteiger partial charge in [0.25, 0.3) is 0 Å². The summed E-state index contributed by atoms with van der Waals surface area (Å²) in [4.78, 5) is 0. The van der Waals surface area contributed by atoms with Crippen molar-refractivity contribution >= 4 is 0 Å².